The number of aromatic nitrogens is 3. The Bertz CT molecular complexity index is 1280. The number of nitrogens with zero attached hydrogens (tertiary/aromatic N) is 4. The SMILES string of the molecule is Cc1ccc(-n2c(C)nnc2S[C@@H](C[N+](=O)[O-])c2ccccc2OCc2ccc(Br)cc2)cc1. The van der Waals surface area contributed by atoms with Crippen LogP contribution in [0.25, 0.3) is 5.69 Å². The molecule has 3 aromatic carbocycles. The van der Waals surface area contributed by atoms with E-state index in [2.05, 4.69) is 26.1 Å². The molecule has 0 aliphatic carbocycles. The minimum absolute atomic E-state index is 0.275. The number of nitro groups is 1. The molecule has 4 rings (SSSR count). The zero-order valence-electron chi connectivity index (χ0n) is 18.7. The van der Waals surface area contributed by atoms with Gasteiger partial charge < -0.3 is 4.74 Å². The lowest BCUT2D eigenvalue weighted by Gasteiger charge is -2.18. The van der Waals surface area contributed by atoms with Gasteiger partial charge in [0.25, 0.3) is 0 Å². The van der Waals surface area contributed by atoms with Crippen LogP contribution in [0.15, 0.2) is 82.4 Å². The Balaban J connectivity index is 1.63. The Morgan fingerprint density at radius 3 is 2.44 bits per heavy atom. The van der Waals surface area contributed by atoms with Gasteiger partial charge in [-0.3, -0.25) is 14.7 Å². The standard InChI is InChI=1S/C25H23BrN4O3S/c1-17-7-13-21(14-8-17)30-18(2)27-28-25(30)34-24(15-29(31)32)22-5-3-4-6-23(22)33-16-19-9-11-20(26)12-10-19/h3-14,24H,15-16H2,1-2H3/t24-/m0/s1. The molecular weight excluding hydrogens is 516 g/mol. The van der Waals surface area contributed by atoms with E-state index in [1.165, 1.54) is 11.8 Å². The summed E-state index contributed by atoms with van der Waals surface area (Å²) in [4.78, 5) is 11.3. The van der Waals surface area contributed by atoms with Crippen molar-refractivity contribution in [3.63, 3.8) is 0 Å². The normalized spacial score (nSPS) is 11.9. The van der Waals surface area contributed by atoms with E-state index in [0.717, 1.165) is 26.9 Å². The van der Waals surface area contributed by atoms with Crippen molar-refractivity contribution in [1.82, 2.24) is 14.8 Å². The first kappa shape index (κ1) is 24.0. The Kier molecular flexibility index (Phi) is 7.64. The number of hydrogen-bond donors (Lipinski definition) is 0. The summed E-state index contributed by atoms with van der Waals surface area (Å²) < 4.78 is 9.01. The Labute approximate surface area is 210 Å². The molecule has 0 bridgehead atoms. The molecule has 1 aromatic heterocycles. The molecule has 0 aliphatic rings. The van der Waals surface area contributed by atoms with E-state index < -0.39 is 5.25 Å². The average molecular weight is 539 g/mol. The number of rotatable bonds is 9. The van der Waals surface area contributed by atoms with Crippen molar-refractivity contribution in [2.24, 2.45) is 0 Å². The summed E-state index contributed by atoms with van der Waals surface area (Å²) in [5.74, 6) is 1.33. The average Bonchev–Trinajstić information content (AvgIpc) is 3.18. The lowest BCUT2D eigenvalue weighted by Crippen LogP contribution is -2.12. The molecule has 0 unspecified atom stereocenters. The van der Waals surface area contributed by atoms with Gasteiger partial charge in [0.2, 0.25) is 6.54 Å². The third-order valence-electron chi connectivity index (χ3n) is 5.22. The second-order valence-corrected chi connectivity index (χ2v) is 9.86. The van der Waals surface area contributed by atoms with Gasteiger partial charge in [-0.1, -0.05) is 75.7 Å². The van der Waals surface area contributed by atoms with Gasteiger partial charge in [-0.15, -0.1) is 10.2 Å². The van der Waals surface area contributed by atoms with Gasteiger partial charge in [0.15, 0.2) is 5.16 Å². The van der Waals surface area contributed by atoms with Crippen molar-refractivity contribution in [2.75, 3.05) is 6.54 Å². The lowest BCUT2D eigenvalue weighted by atomic mass is 10.1. The molecule has 9 heteroatoms. The third kappa shape index (κ3) is 5.84. The molecule has 0 radical (unpaired) electrons. The van der Waals surface area contributed by atoms with Crippen molar-refractivity contribution in [2.45, 2.75) is 30.9 Å². The fraction of sp³-hybridized carbons (Fsp3) is 0.200. The molecule has 34 heavy (non-hydrogen) atoms. The molecule has 4 aromatic rings. The molecule has 0 aliphatic heterocycles. The van der Waals surface area contributed by atoms with Crippen LogP contribution < -0.4 is 4.74 Å². The summed E-state index contributed by atoms with van der Waals surface area (Å²) in [5, 5.41) is 20.2. The van der Waals surface area contributed by atoms with Gasteiger partial charge in [0.1, 0.15) is 23.4 Å². The second-order valence-electron chi connectivity index (χ2n) is 7.78. The van der Waals surface area contributed by atoms with Crippen LogP contribution in [0.2, 0.25) is 0 Å². The van der Waals surface area contributed by atoms with Crippen LogP contribution in [0.4, 0.5) is 0 Å². The number of halogens is 1. The summed E-state index contributed by atoms with van der Waals surface area (Å²) in [7, 11) is 0. The van der Waals surface area contributed by atoms with Crippen LogP contribution in [-0.4, -0.2) is 26.2 Å². The van der Waals surface area contributed by atoms with Crippen molar-refractivity contribution >= 4 is 27.7 Å². The smallest absolute Gasteiger partial charge is 0.220 e. The third-order valence-corrected chi connectivity index (χ3v) is 6.91. The van der Waals surface area contributed by atoms with E-state index in [1.807, 2.05) is 91.2 Å². The van der Waals surface area contributed by atoms with Gasteiger partial charge in [0, 0.05) is 20.6 Å². The number of para-hydroxylation sites is 1. The number of benzene rings is 3. The highest BCUT2D eigenvalue weighted by atomic mass is 79.9. The second kappa shape index (κ2) is 10.8. The van der Waals surface area contributed by atoms with E-state index >= 15 is 0 Å². The van der Waals surface area contributed by atoms with Crippen molar-refractivity contribution in [3.05, 3.63) is 110 Å². The van der Waals surface area contributed by atoms with Crippen LogP contribution >= 0.6 is 27.7 Å². The Hall–Kier alpha value is -3.17. The van der Waals surface area contributed by atoms with Crippen molar-refractivity contribution in [1.29, 1.82) is 0 Å². The van der Waals surface area contributed by atoms with Gasteiger partial charge in [-0.25, -0.2) is 0 Å². The zero-order chi connectivity index (χ0) is 24.1. The highest BCUT2D eigenvalue weighted by molar-refractivity contribution is 9.10. The molecular formula is C25H23BrN4O3S. The maximum atomic E-state index is 11.6. The maximum Gasteiger partial charge on any atom is 0.220 e. The molecule has 174 valence electrons. The minimum Gasteiger partial charge on any atom is -0.489 e. The van der Waals surface area contributed by atoms with E-state index in [4.69, 9.17) is 4.74 Å². The summed E-state index contributed by atoms with van der Waals surface area (Å²) >= 11 is 4.75. The molecule has 1 heterocycles. The van der Waals surface area contributed by atoms with Gasteiger partial charge >= 0.3 is 0 Å². The predicted molar refractivity (Wildman–Crippen MR) is 136 cm³/mol. The van der Waals surface area contributed by atoms with E-state index in [9.17, 15) is 10.1 Å². The summed E-state index contributed by atoms with van der Waals surface area (Å²) in [6.45, 7) is 3.98. The van der Waals surface area contributed by atoms with Crippen LogP contribution in [0, 0.1) is 24.0 Å². The molecule has 0 spiro atoms. The van der Waals surface area contributed by atoms with Gasteiger partial charge in [-0.05, 0) is 49.7 Å². The van der Waals surface area contributed by atoms with Gasteiger partial charge in [-0.2, -0.15) is 0 Å². The zero-order valence-corrected chi connectivity index (χ0v) is 21.1. The van der Waals surface area contributed by atoms with Crippen LogP contribution in [0.5, 0.6) is 5.75 Å². The van der Waals surface area contributed by atoms with Crippen molar-refractivity contribution < 1.29 is 9.66 Å². The molecule has 0 amide bonds. The molecule has 0 N–H and O–H groups in total. The van der Waals surface area contributed by atoms with Crippen LogP contribution in [0.1, 0.15) is 27.8 Å². The van der Waals surface area contributed by atoms with Gasteiger partial charge in [0.05, 0.1) is 0 Å². The molecule has 0 saturated heterocycles. The van der Waals surface area contributed by atoms with Crippen molar-refractivity contribution in [3.8, 4) is 11.4 Å². The fourth-order valence-corrected chi connectivity index (χ4v) is 4.96. The molecule has 0 fully saturated rings. The monoisotopic (exact) mass is 538 g/mol. The number of aryl methyl sites for hydroxylation is 2. The maximum absolute atomic E-state index is 11.6. The van der Waals surface area contributed by atoms with E-state index in [1.54, 1.807) is 0 Å². The van der Waals surface area contributed by atoms with Crippen LogP contribution in [0.3, 0.4) is 0 Å². The first-order chi connectivity index (χ1) is 16.4. The predicted octanol–water partition coefficient (Wildman–Crippen LogP) is 6.34. The summed E-state index contributed by atoms with van der Waals surface area (Å²) in [6.07, 6.45) is 0. The minimum atomic E-state index is -0.510. The fourth-order valence-electron chi connectivity index (χ4n) is 3.49. The quantitative estimate of drug-likeness (QED) is 0.140. The largest absolute Gasteiger partial charge is 0.489 e. The number of hydrogen-bond acceptors (Lipinski definition) is 6. The van der Waals surface area contributed by atoms with E-state index in [0.29, 0.717) is 23.3 Å². The number of thioether (sulfide) groups is 1. The molecule has 0 saturated carbocycles. The summed E-state index contributed by atoms with van der Waals surface area (Å²) in [5.41, 5.74) is 3.81. The molecule has 7 nitrogen and oxygen atoms in total. The number of ether oxygens (including phenoxy) is 1. The molecule has 1 atom stereocenters. The summed E-state index contributed by atoms with van der Waals surface area (Å²) in [6, 6.07) is 23.3. The first-order valence-electron chi connectivity index (χ1n) is 10.6. The highest BCUT2D eigenvalue weighted by Gasteiger charge is 2.26. The van der Waals surface area contributed by atoms with Crippen LogP contribution in [-0.2, 0) is 6.61 Å². The Morgan fingerprint density at radius 2 is 1.74 bits per heavy atom. The first-order valence-corrected chi connectivity index (χ1v) is 12.3. The Morgan fingerprint density at radius 1 is 1.03 bits per heavy atom. The topological polar surface area (TPSA) is 83.1 Å². The lowest BCUT2D eigenvalue weighted by molar-refractivity contribution is -0.479. The van der Waals surface area contributed by atoms with E-state index in [-0.39, 0.29) is 11.5 Å². The highest BCUT2D eigenvalue weighted by Crippen LogP contribution is 2.40.